The van der Waals surface area contributed by atoms with Crippen LogP contribution in [-0.2, 0) is 13.0 Å². The number of nitrogens with two attached hydrogens (primary N) is 1. The highest BCUT2D eigenvalue weighted by atomic mass is 35.5. The second-order valence-electron chi connectivity index (χ2n) is 9.28. The molecule has 2 aromatic carbocycles. The molecule has 0 amide bonds. The average Bonchev–Trinajstić information content (AvgIpc) is 3.20. The summed E-state index contributed by atoms with van der Waals surface area (Å²) >= 11 is 12.4. The number of ether oxygens (including phenoxy) is 1. The Morgan fingerprint density at radius 2 is 1.91 bits per heavy atom. The smallest absolute Gasteiger partial charge is 0.166 e. The van der Waals surface area contributed by atoms with Crippen LogP contribution in [0.4, 0.5) is 10.2 Å². The van der Waals surface area contributed by atoms with Gasteiger partial charge in [0.25, 0.3) is 0 Å². The molecule has 5 nitrogen and oxygen atoms in total. The van der Waals surface area contributed by atoms with Crippen molar-refractivity contribution in [2.24, 2.45) is 0 Å². The first kappa shape index (κ1) is 23.9. The lowest BCUT2D eigenvalue weighted by Crippen LogP contribution is -2.35. The Balaban J connectivity index is 1.48. The van der Waals surface area contributed by atoms with Crippen LogP contribution in [0.2, 0.25) is 10.0 Å². The predicted octanol–water partition coefficient (Wildman–Crippen LogP) is 7.16. The summed E-state index contributed by atoms with van der Waals surface area (Å²) in [5, 5.41) is 1.48. The topological polar surface area (TPSA) is 67.2 Å². The second-order valence-corrected chi connectivity index (χ2v) is 10.1. The van der Waals surface area contributed by atoms with E-state index in [1.165, 1.54) is 28.8 Å². The van der Waals surface area contributed by atoms with Gasteiger partial charge in [0.15, 0.2) is 11.6 Å². The molecule has 5 rings (SSSR count). The maximum atomic E-state index is 14.0. The Hall–Kier alpha value is -2.80. The molecular weight excluding hydrogens is 486 g/mol. The molecule has 0 unspecified atom stereocenters. The van der Waals surface area contributed by atoms with Crippen molar-refractivity contribution in [1.29, 1.82) is 0 Å². The number of H-pyrrole nitrogens is 1. The SMILES string of the molecule is CC(C)N1CCc2[nH]c3ccc(-c4cnc(N)c(O[C@H](C)c5c(Cl)ccc(F)c5Cl)c4)cc3c2C1. The second kappa shape index (κ2) is 9.34. The predicted molar refractivity (Wildman–Crippen MR) is 141 cm³/mol. The van der Waals surface area contributed by atoms with Gasteiger partial charge in [0.2, 0.25) is 0 Å². The molecule has 0 bridgehead atoms. The Morgan fingerprint density at radius 1 is 1.11 bits per heavy atom. The van der Waals surface area contributed by atoms with Gasteiger partial charge in [-0.05, 0) is 62.2 Å². The van der Waals surface area contributed by atoms with E-state index in [1.807, 2.05) is 6.07 Å². The van der Waals surface area contributed by atoms with Gasteiger partial charge in [-0.25, -0.2) is 9.37 Å². The number of hydrogen-bond donors (Lipinski definition) is 2. The monoisotopic (exact) mass is 512 g/mol. The number of hydrogen-bond acceptors (Lipinski definition) is 4. The minimum atomic E-state index is -0.633. The molecule has 0 radical (unpaired) electrons. The van der Waals surface area contributed by atoms with E-state index in [4.69, 9.17) is 33.7 Å². The lowest BCUT2D eigenvalue weighted by Gasteiger charge is -2.30. The van der Waals surface area contributed by atoms with Crippen LogP contribution in [0.15, 0.2) is 42.6 Å². The highest BCUT2D eigenvalue weighted by molar-refractivity contribution is 6.36. The van der Waals surface area contributed by atoms with Gasteiger partial charge in [0.05, 0.1) is 5.02 Å². The van der Waals surface area contributed by atoms with E-state index in [0.717, 1.165) is 36.2 Å². The number of nitrogen functional groups attached to an aromatic ring is 1. The summed E-state index contributed by atoms with van der Waals surface area (Å²) in [4.78, 5) is 10.4. The number of anilines is 1. The molecular formula is C27H27Cl2FN4O. The fourth-order valence-corrected chi connectivity index (χ4v) is 5.41. The average molecular weight is 513 g/mol. The van der Waals surface area contributed by atoms with Gasteiger partial charge < -0.3 is 15.5 Å². The molecule has 182 valence electrons. The van der Waals surface area contributed by atoms with Crippen LogP contribution in [0, 0.1) is 5.82 Å². The Labute approximate surface area is 214 Å². The maximum absolute atomic E-state index is 14.0. The molecule has 35 heavy (non-hydrogen) atoms. The first-order chi connectivity index (χ1) is 16.7. The van der Waals surface area contributed by atoms with E-state index in [0.29, 0.717) is 22.4 Å². The molecule has 1 aliphatic rings. The standard InChI is InChI=1S/C27H27Cl2FN4O/c1-14(2)34-9-8-23-19(13-34)18-10-16(4-7-22(18)33-23)17-11-24(27(31)32-12-17)35-15(3)25-20(28)5-6-21(30)26(25)29/h4-7,10-12,14-15,33H,8-9,13H2,1-3H3,(H2,31,32)/t15-/m1/s1. The Bertz CT molecular complexity index is 1420. The zero-order valence-electron chi connectivity index (χ0n) is 19.8. The van der Waals surface area contributed by atoms with Crippen molar-refractivity contribution < 1.29 is 9.13 Å². The van der Waals surface area contributed by atoms with Gasteiger partial charge in [-0.3, -0.25) is 4.90 Å². The molecule has 3 N–H and O–H groups in total. The minimum absolute atomic E-state index is 0.0641. The number of pyridine rings is 1. The summed E-state index contributed by atoms with van der Waals surface area (Å²) < 4.78 is 20.1. The van der Waals surface area contributed by atoms with E-state index < -0.39 is 11.9 Å². The van der Waals surface area contributed by atoms with E-state index >= 15 is 0 Å². The van der Waals surface area contributed by atoms with E-state index in [1.54, 1.807) is 13.1 Å². The third-order valence-electron chi connectivity index (χ3n) is 6.74. The van der Waals surface area contributed by atoms with E-state index in [-0.39, 0.29) is 10.8 Å². The number of benzene rings is 2. The summed E-state index contributed by atoms with van der Waals surface area (Å²) in [5.41, 5.74) is 12.2. The van der Waals surface area contributed by atoms with Crippen LogP contribution in [0.1, 0.15) is 43.7 Å². The lowest BCUT2D eigenvalue weighted by molar-refractivity contribution is 0.203. The maximum Gasteiger partial charge on any atom is 0.166 e. The van der Waals surface area contributed by atoms with E-state index in [2.05, 4.69) is 46.9 Å². The molecule has 0 spiro atoms. The summed E-state index contributed by atoms with van der Waals surface area (Å²) in [5.74, 6) is 0.0611. The summed E-state index contributed by atoms with van der Waals surface area (Å²) in [6, 6.07) is 11.4. The Morgan fingerprint density at radius 3 is 2.69 bits per heavy atom. The number of fused-ring (bicyclic) bond motifs is 3. The molecule has 4 aromatic rings. The van der Waals surface area contributed by atoms with Gasteiger partial charge in [0.1, 0.15) is 11.9 Å². The number of rotatable bonds is 5. The van der Waals surface area contributed by atoms with Crippen molar-refractivity contribution in [3.8, 4) is 16.9 Å². The molecule has 0 aliphatic carbocycles. The van der Waals surface area contributed by atoms with Crippen LogP contribution in [0.25, 0.3) is 22.0 Å². The third-order valence-corrected chi connectivity index (χ3v) is 7.45. The van der Waals surface area contributed by atoms with Gasteiger partial charge in [-0.2, -0.15) is 0 Å². The van der Waals surface area contributed by atoms with Crippen LogP contribution in [-0.4, -0.2) is 27.5 Å². The van der Waals surface area contributed by atoms with E-state index in [9.17, 15) is 4.39 Å². The number of aromatic amines is 1. The third kappa shape index (κ3) is 4.46. The molecule has 8 heteroatoms. The normalized spacial score (nSPS) is 14.9. The number of halogens is 3. The molecule has 3 heterocycles. The fourth-order valence-electron chi connectivity index (χ4n) is 4.73. The molecule has 2 aromatic heterocycles. The van der Waals surface area contributed by atoms with Crippen molar-refractivity contribution in [3.05, 3.63) is 75.3 Å². The number of nitrogens with one attached hydrogen (secondary N) is 1. The Kier molecular flexibility index (Phi) is 6.38. The first-order valence-electron chi connectivity index (χ1n) is 11.7. The van der Waals surface area contributed by atoms with Crippen molar-refractivity contribution >= 4 is 39.9 Å². The summed E-state index contributed by atoms with van der Waals surface area (Å²) in [7, 11) is 0. The highest BCUT2D eigenvalue weighted by Gasteiger charge is 2.23. The van der Waals surface area contributed by atoms with Gasteiger partial charge in [0, 0.05) is 64.5 Å². The highest BCUT2D eigenvalue weighted by Crippen LogP contribution is 2.38. The van der Waals surface area contributed by atoms with Gasteiger partial charge in [-0.1, -0.05) is 29.3 Å². The van der Waals surface area contributed by atoms with Gasteiger partial charge in [-0.15, -0.1) is 0 Å². The van der Waals surface area contributed by atoms with Crippen LogP contribution in [0.5, 0.6) is 5.75 Å². The minimum Gasteiger partial charge on any atom is -0.482 e. The molecule has 1 aliphatic heterocycles. The largest absolute Gasteiger partial charge is 0.482 e. The quantitative estimate of drug-likeness (QED) is 0.278. The summed E-state index contributed by atoms with van der Waals surface area (Å²) in [6.07, 6.45) is 2.11. The zero-order valence-corrected chi connectivity index (χ0v) is 21.3. The summed E-state index contributed by atoms with van der Waals surface area (Å²) in [6.45, 7) is 8.20. The van der Waals surface area contributed by atoms with Crippen LogP contribution in [0.3, 0.4) is 0 Å². The lowest BCUT2D eigenvalue weighted by atomic mass is 10.00. The molecule has 0 fully saturated rings. The zero-order chi connectivity index (χ0) is 24.9. The van der Waals surface area contributed by atoms with Crippen molar-refractivity contribution in [1.82, 2.24) is 14.9 Å². The van der Waals surface area contributed by atoms with Gasteiger partial charge >= 0.3 is 0 Å². The molecule has 0 saturated carbocycles. The van der Waals surface area contributed by atoms with Crippen molar-refractivity contribution in [3.63, 3.8) is 0 Å². The molecule has 1 atom stereocenters. The van der Waals surface area contributed by atoms with Crippen LogP contribution < -0.4 is 10.5 Å². The van der Waals surface area contributed by atoms with Crippen molar-refractivity contribution in [2.75, 3.05) is 12.3 Å². The number of nitrogens with zero attached hydrogens (tertiary/aromatic N) is 2. The van der Waals surface area contributed by atoms with Crippen molar-refractivity contribution in [2.45, 2.75) is 45.9 Å². The fraction of sp³-hybridized carbons (Fsp3) is 0.296. The van der Waals surface area contributed by atoms with Crippen LogP contribution >= 0.6 is 23.2 Å². The molecule has 0 saturated heterocycles. The number of aromatic nitrogens is 2. The first-order valence-corrected chi connectivity index (χ1v) is 12.4.